The van der Waals surface area contributed by atoms with Gasteiger partial charge < -0.3 is 19.8 Å². The van der Waals surface area contributed by atoms with Gasteiger partial charge in [0, 0.05) is 17.1 Å². The van der Waals surface area contributed by atoms with E-state index in [-0.39, 0.29) is 5.46 Å². The molecule has 1 aromatic heterocycles. The van der Waals surface area contributed by atoms with E-state index in [1.807, 2.05) is 0 Å². The highest BCUT2D eigenvalue weighted by molar-refractivity contribution is 6.59. The molecule has 1 heterocycles. The smallest absolute Gasteiger partial charge is 0.465 e. The van der Waals surface area contributed by atoms with E-state index in [0.717, 1.165) is 0 Å². The van der Waals surface area contributed by atoms with E-state index in [2.05, 4.69) is 9.72 Å². The summed E-state index contributed by atoms with van der Waals surface area (Å²) in [6.45, 7) is 0. The fourth-order valence-corrected chi connectivity index (χ4v) is 1.62. The van der Waals surface area contributed by atoms with Crippen LogP contribution in [0, 0.1) is 0 Å². The van der Waals surface area contributed by atoms with Crippen molar-refractivity contribution in [3.05, 3.63) is 30.0 Å². The van der Waals surface area contributed by atoms with Crippen molar-refractivity contribution in [2.45, 2.75) is 0 Å². The molecule has 0 aliphatic carbocycles. The summed E-state index contributed by atoms with van der Waals surface area (Å²) in [5.74, 6) is -0.507. The van der Waals surface area contributed by atoms with Crippen molar-refractivity contribution in [3.63, 3.8) is 0 Å². The van der Waals surface area contributed by atoms with Crippen molar-refractivity contribution in [1.29, 1.82) is 0 Å². The third kappa shape index (κ3) is 1.68. The van der Waals surface area contributed by atoms with Crippen LogP contribution in [-0.4, -0.2) is 35.2 Å². The number of hydrogen-bond acceptors (Lipinski definition) is 4. The Bertz CT molecular complexity index is 535. The zero-order valence-electron chi connectivity index (χ0n) is 8.60. The van der Waals surface area contributed by atoms with Gasteiger partial charge in [-0.25, -0.2) is 4.79 Å². The number of fused-ring (bicyclic) bond motifs is 1. The van der Waals surface area contributed by atoms with Gasteiger partial charge >= 0.3 is 13.1 Å². The Balaban J connectivity index is 2.68. The van der Waals surface area contributed by atoms with Crippen molar-refractivity contribution in [2.24, 2.45) is 0 Å². The van der Waals surface area contributed by atoms with Gasteiger partial charge in [-0.15, -0.1) is 0 Å². The second kappa shape index (κ2) is 4.00. The average molecular weight is 219 g/mol. The van der Waals surface area contributed by atoms with Gasteiger partial charge in [0.15, 0.2) is 0 Å². The number of ether oxygens (including phenoxy) is 1. The number of carbonyl (C=O) groups excluding carboxylic acids is 1. The number of hydrogen-bond donors (Lipinski definition) is 3. The number of methoxy groups -OCH3 is 1. The molecule has 2 rings (SSSR count). The quantitative estimate of drug-likeness (QED) is 0.475. The topological polar surface area (TPSA) is 82.6 Å². The Morgan fingerprint density at radius 2 is 2.19 bits per heavy atom. The number of esters is 1. The lowest BCUT2D eigenvalue weighted by atomic mass is 9.79. The molecule has 0 saturated heterocycles. The molecule has 1 aromatic carbocycles. The third-order valence-electron chi connectivity index (χ3n) is 2.39. The van der Waals surface area contributed by atoms with Crippen molar-refractivity contribution >= 4 is 29.5 Å². The normalized spacial score (nSPS) is 10.4. The van der Waals surface area contributed by atoms with Crippen LogP contribution >= 0.6 is 0 Å². The molecule has 0 saturated carbocycles. The van der Waals surface area contributed by atoms with Gasteiger partial charge in [-0.1, -0.05) is 0 Å². The van der Waals surface area contributed by atoms with Crippen LogP contribution < -0.4 is 5.46 Å². The first-order valence-electron chi connectivity index (χ1n) is 4.69. The molecular weight excluding hydrogens is 209 g/mol. The molecule has 0 aliphatic rings. The summed E-state index contributed by atoms with van der Waals surface area (Å²) in [7, 11) is -0.334. The Hall–Kier alpha value is -1.79. The van der Waals surface area contributed by atoms with Gasteiger partial charge in [0.2, 0.25) is 0 Å². The van der Waals surface area contributed by atoms with Gasteiger partial charge in [0.25, 0.3) is 0 Å². The summed E-state index contributed by atoms with van der Waals surface area (Å²) in [5, 5.41) is 18.9. The zero-order chi connectivity index (χ0) is 11.7. The maximum absolute atomic E-state index is 11.5. The first-order valence-corrected chi connectivity index (χ1v) is 4.69. The van der Waals surface area contributed by atoms with Crippen LogP contribution in [0.25, 0.3) is 10.9 Å². The highest BCUT2D eigenvalue weighted by atomic mass is 16.5. The van der Waals surface area contributed by atoms with E-state index in [0.29, 0.717) is 16.5 Å². The van der Waals surface area contributed by atoms with E-state index in [1.54, 1.807) is 18.3 Å². The fraction of sp³-hybridized carbons (Fsp3) is 0.100. The van der Waals surface area contributed by atoms with E-state index in [4.69, 9.17) is 10.0 Å². The predicted molar refractivity (Wildman–Crippen MR) is 59.5 cm³/mol. The number of aromatic nitrogens is 1. The van der Waals surface area contributed by atoms with E-state index in [9.17, 15) is 4.79 Å². The summed E-state index contributed by atoms with van der Waals surface area (Å²) in [4.78, 5) is 14.4. The van der Waals surface area contributed by atoms with Gasteiger partial charge in [-0.2, -0.15) is 0 Å². The molecular formula is C10H10BNO4. The van der Waals surface area contributed by atoms with Crippen LogP contribution in [0.5, 0.6) is 0 Å². The standard InChI is InChI=1S/C10H10BNO4/c1-16-10(13)8-4-6(11(14)15)5-9-7(8)2-3-12-9/h2-5,12,14-15H,1H3. The van der Waals surface area contributed by atoms with Gasteiger partial charge in [-0.3, -0.25) is 0 Å². The minimum absolute atomic E-state index is 0.246. The lowest BCUT2D eigenvalue weighted by Gasteiger charge is -2.05. The third-order valence-corrected chi connectivity index (χ3v) is 2.39. The predicted octanol–water partition coefficient (Wildman–Crippen LogP) is -0.366. The Morgan fingerprint density at radius 3 is 2.81 bits per heavy atom. The maximum atomic E-state index is 11.5. The molecule has 0 fully saturated rings. The Kier molecular flexibility index (Phi) is 2.68. The molecule has 0 unspecified atom stereocenters. The van der Waals surface area contributed by atoms with Crippen LogP contribution in [0.2, 0.25) is 0 Å². The van der Waals surface area contributed by atoms with Crippen LogP contribution in [0.3, 0.4) is 0 Å². The summed E-state index contributed by atoms with van der Waals surface area (Å²) >= 11 is 0. The highest BCUT2D eigenvalue weighted by Gasteiger charge is 2.18. The SMILES string of the molecule is COC(=O)c1cc(B(O)O)cc2[nH]ccc12. The average Bonchev–Trinajstić information content (AvgIpc) is 2.74. The second-order valence-electron chi connectivity index (χ2n) is 3.37. The van der Waals surface area contributed by atoms with E-state index >= 15 is 0 Å². The number of benzene rings is 1. The summed E-state index contributed by atoms with van der Waals surface area (Å²) in [5.41, 5.74) is 1.21. The maximum Gasteiger partial charge on any atom is 0.488 e. The fourth-order valence-electron chi connectivity index (χ4n) is 1.62. The number of rotatable bonds is 2. The van der Waals surface area contributed by atoms with Crippen LogP contribution in [-0.2, 0) is 4.74 Å². The molecule has 0 aliphatic heterocycles. The summed E-state index contributed by atoms with van der Waals surface area (Å²) < 4.78 is 4.63. The minimum Gasteiger partial charge on any atom is -0.465 e. The molecule has 0 radical (unpaired) electrons. The van der Waals surface area contributed by atoms with Gasteiger partial charge in [0.05, 0.1) is 12.7 Å². The summed E-state index contributed by atoms with van der Waals surface area (Å²) in [6.07, 6.45) is 1.67. The lowest BCUT2D eigenvalue weighted by Crippen LogP contribution is -2.30. The zero-order valence-corrected chi connectivity index (χ0v) is 8.60. The first kappa shape index (κ1) is 10.7. The first-order chi connectivity index (χ1) is 7.63. The molecule has 5 nitrogen and oxygen atoms in total. The van der Waals surface area contributed by atoms with Crippen molar-refractivity contribution < 1.29 is 19.6 Å². The number of aromatic amines is 1. The Morgan fingerprint density at radius 1 is 1.44 bits per heavy atom. The highest BCUT2D eigenvalue weighted by Crippen LogP contribution is 2.17. The molecule has 0 atom stereocenters. The lowest BCUT2D eigenvalue weighted by molar-refractivity contribution is 0.0603. The number of H-pyrrole nitrogens is 1. The van der Waals surface area contributed by atoms with Gasteiger partial charge in [0.1, 0.15) is 0 Å². The molecule has 3 N–H and O–H groups in total. The Labute approximate surface area is 91.8 Å². The molecule has 6 heteroatoms. The monoisotopic (exact) mass is 219 g/mol. The van der Waals surface area contributed by atoms with Crippen LogP contribution in [0.4, 0.5) is 0 Å². The van der Waals surface area contributed by atoms with Crippen molar-refractivity contribution in [1.82, 2.24) is 4.98 Å². The molecule has 0 amide bonds. The number of nitrogens with one attached hydrogen (secondary N) is 1. The molecule has 0 spiro atoms. The molecule has 82 valence electrons. The van der Waals surface area contributed by atoms with Gasteiger partial charge in [-0.05, 0) is 23.7 Å². The minimum atomic E-state index is -1.61. The number of carbonyl (C=O) groups is 1. The molecule has 16 heavy (non-hydrogen) atoms. The molecule has 2 aromatic rings. The van der Waals surface area contributed by atoms with Crippen LogP contribution in [0.15, 0.2) is 24.4 Å². The van der Waals surface area contributed by atoms with Crippen molar-refractivity contribution in [3.8, 4) is 0 Å². The largest absolute Gasteiger partial charge is 0.488 e. The molecule has 0 bridgehead atoms. The van der Waals surface area contributed by atoms with E-state index in [1.165, 1.54) is 13.2 Å². The van der Waals surface area contributed by atoms with Crippen molar-refractivity contribution in [2.75, 3.05) is 7.11 Å². The summed E-state index contributed by atoms with van der Waals surface area (Å²) in [6, 6.07) is 4.72. The van der Waals surface area contributed by atoms with Crippen LogP contribution in [0.1, 0.15) is 10.4 Å². The second-order valence-corrected chi connectivity index (χ2v) is 3.37. The van der Waals surface area contributed by atoms with E-state index < -0.39 is 13.1 Å².